The van der Waals surface area contributed by atoms with Crippen molar-refractivity contribution in [1.82, 2.24) is 0 Å². The molecule has 1 heterocycles. The van der Waals surface area contributed by atoms with Crippen LogP contribution in [-0.2, 0) is 0 Å². The van der Waals surface area contributed by atoms with Crippen LogP contribution in [0.15, 0.2) is 16.6 Å². The fourth-order valence-corrected chi connectivity index (χ4v) is 3.95. The molecule has 1 aliphatic carbocycles. The molecule has 0 saturated heterocycles. The first kappa shape index (κ1) is 13.2. The van der Waals surface area contributed by atoms with Crippen molar-refractivity contribution in [3.8, 4) is 0 Å². The minimum Gasteiger partial charge on any atom is -0.383 e. The lowest BCUT2D eigenvalue weighted by molar-refractivity contribution is 0.274. The molecule has 1 spiro atoms. The molecule has 1 aliphatic heterocycles. The van der Waals surface area contributed by atoms with Crippen LogP contribution in [0.25, 0.3) is 0 Å². The zero-order chi connectivity index (χ0) is 13.5. The van der Waals surface area contributed by atoms with Gasteiger partial charge in [0.25, 0.3) is 0 Å². The van der Waals surface area contributed by atoms with Gasteiger partial charge in [0.1, 0.15) is 5.82 Å². The normalized spacial score (nSPS) is 21.7. The van der Waals surface area contributed by atoms with Gasteiger partial charge < -0.3 is 10.2 Å². The van der Waals surface area contributed by atoms with E-state index in [0.717, 1.165) is 24.3 Å². The van der Waals surface area contributed by atoms with E-state index in [2.05, 4.69) is 33.2 Å². The third-order valence-electron chi connectivity index (χ3n) is 4.80. The molecule has 0 bridgehead atoms. The number of rotatable bonds is 0. The smallest absolute Gasteiger partial charge is 0.139 e. The van der Waals surface area contributed by atoms with Crippen molar-refractivity contribution in [1.29, 1.82) is 0 Å². The first-order chi connectivity index (χ1) is 9.12. The molecule has 0 unspecified atom stereocenters. The quantitative estimate of drug-likeness (QED) is 0.752. The Morgan fingerprint density at radius 3 is 2.68 bits per heavy atom. The number of hydrogen-bond acceptors (Lipinski definition) is 2. The topological polar surface area (TPSA) is 15.3 Å². The summed E-state index contributed by atoms with van der Waals surface area (Å²) >= 11 is 3.27. The number of nitrogens with one attached hydrogen (secondary N) is 1. The average molecular weight is 327 g/mol. The third-order valence-corrected chi connectivity index (χ3v) is 5.41. The van der Waals surface area contributed by atoms with Gasteiger partial charge in [0.05, 0.1) is 15.8 Å². The molecule has 0 aromatic heterocycles. The third kappa shape index (κ3) is 2.24. The lowest BCUT2D eigenvalue weighted by Gasteiger charge is -2.45. The second kappa shape index (κ2) is 4.97. The molecule has 0 atom stereocenters. The average Bonchev–Trinajstić information content (AvgIpc) is 2.53. The summed E-state index contributed by atoms with van der Waals surface area (Å²) in [5.74, 6) is -0.180. The lowest BCUT2D eigenvalue weighted by Crippen LogP contribution is -2.48. The van der Waals surface area contributed by atoms with Gasteiger partial charge in [0.15, 0.2) is 0 Å². The van der Waals surface area contributed by atoms with Crippen LogP contribution in [0, 0.1) is 5.82 Å². The van der Waals surface area contributed by atoms with Crippen molar-refractivity contribution in [3.63, 3.8) is 0 Å². The van der Waals surface area contributed by atoms with E-state index in [9.17, 15) is 4.39 Å². The molecule has 0 amide bonds. The molecule has 1 aromatic rings. The number of nitrogens with zero attached hydrogens (tertiary/aromatic N) is 1. The number of halogens is 2. The summed E-state index contributed by atoms with van der Waals surface area (Å²) in [6, 6.07) is 3.52. The molecule has 19 heavy (non-hydrogen) atoms. The van der Waals surface area contributed by atoms with E-state index in [-0.39, 0.29) is 11.4 Å². The molecule has 1 saturated carbocycles. The first-order valence-corrected chi connectivity index (χ1v) is 7.88. The molecule has 2 nitrogen and oxygen atoms in total. The van der Waals surface area contributed by atoms with Gasteiger partial charge in [-0.05, 0) is 41.3 Å². The summed E-state index contributed by atoms with van der Waals surface area (Å²) in [5.41, 5.74) is 2.26. The second-order valence-corrected chi connectivity index (χ2v) is 6.66. The molecule has 0 radical (unpaired) electrons. The fraction of sp³-hybridized carbons (Fsp3) is 0.600. The van der Waals surface area contributed by atoms with E-state index in [1.54, 1.807) is 6.07 Å². The van der Waals surface area contributed by atoms with Gasteiger partial charge in [0, 0.05) is 25.2 Å². The Labute approximate surface area is 122 Å². The fourth-order valence-electron chi connectivity index (χ4n) is 3.60. The number of anilines is 2. The van der Waals surface area contributed by atoms with Crippen LogP contribution in [0.2, 0.25) is 0 Å². The van der Waals surface area contributed by atoms with Crippen molar-refractivity contribution in [3.05, 3.63) is 22.4 Å². The highest BCUT2D eigenvalue weighted by Gasteiger charge is 2.38. The Balaban J connectivity index is 2.03. The molecule has 1 N–H and O–H groups in total. The van der Waals surface area contributed by atoms with E-state index in [1.165, 1.54) is 32.1 Å². The summed E-state index contributed by atoms with van der Waals surface area (Å²) < 4.78 is 14.4. The van der Waals surface area contributed by atoms with E-state index in [1.807, 2.05) is 6.07 Å². The monoisotopic (exact) mass is 326 g/mol. The number of benzene rings is 1. The van der Waals surface area contributed by atoms with Crippen LogP contribution in [0.3, 0.4) is 0 Å². The van der Waals surface area contributed by atoms with Gasteiger partial charge in [-0.2, -0.15) is 0 Å². The molecular weight excluding hydrogens is 307 g/mol. The zero-order valence-electron chi connectivity index (χ0n) is 11.3. The number of hydrogen-bond donors (Lipinski definition) is 1. The molecule has 1 aromatic carbocycles. The first-order valence-electron chi connectivity index (χ1n) is 7.09. The predicted molar refractivity (Wildman–Crippen MR) is 81.4 cm³/mol. The van der Waals surface area contributed by atoms with Crippen LogP contribution in [0.5, 0.6) is 0 Å². The highest BCUT2D eigenvalue weighted by atomic mass is 79.9. The minimum atomic E-state index is -0.180. The van der Waals surface area contributed by atoms with Crippen LogP contribution < -0.4 is 10.2 Å². The molecular formula is C15H20BrFN2. The van der Waals surface area contributed by atoms with Gasteiger partial charge in [-0.15, -0.1) is 0 Å². The van der Waals surface area contributed by atoms with E-state index in [0.29, 0.717) is 4.47 Å². The van der Waals surface area contributed by atoms with Gasteiger partial charge in [0.2, 0.25) is 0 Å². The van der Waals surface area contributed by atoms with Crippen molar-refractivity contribution in [2.24, 2.45) is 0 Å². The van der Waals surface area contributed by atoms with Gasteiger partial charge in [-0.1, -0.05) is 19.3 Å². The van der Waals surface area contributed by atoms with Crippen LogP contribution in [-0.4, -0.2) is 19.1 Å². The predicted octanol–water partition coefficient (Wildman–Crippen LogP) is 4.54. The Kier molecular flexibility index (Phi) is 3.46. The molecule has 2 aliphatic rings. The summed E-state index contributed by atoms with van der Waals surface area (Å²) in [6.45, 7) is 0.968. The highest BCUT2D eigenvalue weighted by Crippen LogP contribution is 2.43. The molecule has 4 heteroatoms. The summed E-state index contributed by atoms with van der Waals surface area (Å²) in [4.78, 5) is 2.33. The Morgan fingerprint density at radius 1 is 1.21 bits per heavy atom. The van der Waals surface area contributed by atoms with E-state index in [4.69, 9.17) is 0 Å². The summed E-state index contributed by atoms with van der Waals surface area (Å²) in [5, 5.41) is 3.46. The maximum absolute atomic E-state index is 13.9. The van der Waals surface area contributed by atoms with Gasteiger partial charge >= 0.3 is 0 Å². The van der Waals surface area contributed by atoms with Crippen molar-refractivity contribution in [2.45, 2.75) is 44.1 Å². The van der Waals surface area contributed by atoms with Crippen molar-refractivity contribution >= 4 is 27.3 Å². The van der Waals surface area contributed by atoms with Gasteiger partial charge in [-0.25, -0.2) is 4.39 Å². The largest absolute Gasteiger partial charge is 0.383 e. The maximum Gasteiger partial charge on any atom is 0.139 e. The van der Waals surface area contributed by atoms with Crippen LogP contribution in [0.4, 0.5) is 15.8 Å². The van der Waals surface area contributed by atoms with E-state index >= 15 is 0 Å². The molecule has 1 fully saturated rings. The second-order valence-electron chi connectivity index (χ2n) is 5.80. The highest BCUT2D eigenvalue weighted by molar-refractivity contribution is 9.10. The zero-order valence-corrected chi connectivity index (χ0v) is 12.9. The maximum atomic E-state index is 13.9. The van der Waals surface area contributed by atoms with Crippen LogP contribution in [0.1, 0.15) is 38.5 Å². The molecule has 3 rings (SSSR count). The Bertz CT molecular complexity index is 483. The van der Waals surface area contributed by atoms with E-state index < -0.39 is 0 Å². The van der Waals surface area contributed by atoms with Crippen LogP contribution >= 0.6 is 15.9 Å². The Morgan fingerprint density at radius 2 is 1.95 bits per heavy atom. The molecule has 104 valence electrons. The SMILES string of the molecule is CN1c2cc(F)c(Br)cc2NCCC12CCCCC2. The number of fused-ring (bicyclic) bond motifs is 1. The standard InChI is InChI=1S/C15H20BrFN2/c1-19-14-10-12(17)11(16)9-13(14)18-8-7-15(19)5-3-2-4-6-15/h9-10,18H,2-8H2,1H3. The van der Waals surface area contributed by atoms with Gasteiger partial charge in [-0.3, -0.25) is 0 Å². The van der Waals surface area contributed by atoms with Crippen molar-refractivity contribution in [2.75, 3.05) is 23.8 Å². The summed E-state index contributed by atoms with van der Waals surface area (Å²) in [6.07, 6.45) is 7.50. The lowest BCUT2D eigenvalue weighted by atomic mass is 9.78. The Hall–Kier alpha value is -0.770. The summed E-state index contributed by atoms with van der Waals surface area (Å²) in [7, 11) is 2.13. The minimum absolute atomic E-state index is 0.180. The van der Waals surface area contributed by atoms with Crippen molar-refractivity contribution < 1.29 is 4.39 Å².